The Bertz CT molecular complexity index is 1100. The summed E-state index contributed by atoms with van der Waals surface area (Å²) in [4.78, 5) is 12.2. The molecule has 0 aromatic heterocycles. The van der Waals surface area contributed by atoms with Crippen molar-refractivity contribution in [2.45, 2.75) is 37.1 Å². The van der Waals surface area contributed by atoms with Crippen molar-refractivity contribution in [3.63, 3.8) is 0 Å². The number of carbonyl (C=O) groups excluding carboxylic acids is 1. The average molecular weight is 451 g/mol. The highest BCUT2D eigenvalue weighted by molar-refractivity contribution is 7.91. The predicted octanol–water partition coefficient (Wildman–Crippen LogP) is 1.57. The summed E-state index contributed by atoms with van der Waals surface area (Å²) < 4.78 is 51.5. The molecule has 0 saturated heterocycles. The molecule has 1 aliphatic carbocycles. The minimum Gasteiger partial charge on any atom is -0.355 e. The second-order valence-corrected chi connectivity index (χ2v) is 11.4. The largest absolute Gasteiger partial charge is 0.355 e. The Morgan fingerprint density at radius 3 is 2.40 bits per heavy atom. The van der Waals surface area contributed by atoms with E-state index >= 15 is 0 Å². The zero-order valence-electron chi connectivity index (χ0n) is 16.6. The lowest BCUT2D eigenvalue weighted by Gasteiger charge is -2.09. The van der Waals surface area contributed by atoms with Crippen LogP contribution in [0.25, 0.3) is 0 Å². The van der Waals surface area contributed by atoms with Crippen LogP contribution in [0.5, 0.6) is 0 Å². The van der Waals surface area contributed by atoms with Gasteiger partial charge in [-0.15, -0.1) is 0 Å². The minimum atomic E-state index is -3.56. The van der Waals surface area contributed by atoms with Crippen molar-refractivity contribution >= 4 is 25.8 Å². The van der Waals surface area contributed by atoms with Gasteiger partial charge in [0, 0.05) is 19.5 Å². The van der Waals surface area contributed by atoms with Crippen LogP contribution in [0, 0.1) is 0 Å². The van der Waals surface area contributed by atoms with Crippen molar-refractivity contribution in [3.05, 3.63) is 65.2 Å². The molecule has 2 aromatic carbocycles. The van der Waals surface area contributed by atoms with Gasteiger partial charge in [-0.25, -0.2) is 21.6 Å². The van der Waals surface area contributed by atoms with Gasteiger partial charge in [0.05, 0.1) is 16.4 Å². The summed E-state index contributed by atoms with van der Waals surface area (Å²) in [5.41, 5.74) is 3.09. The van der Waals surface area contributed by atoms with Gasteiger partial charge in [-0.1, -0.05) is 36.4 Å². The van der Waals surface area contributed by atoms with Crippen molar-refractivity contribution < 1.29 is 21.6 Å². The molecule has 0 fully saturated rings. The second kappa shape index (κ2) is 9.72. The zero-order valence-corrected chi connectivity index (χ0v) is 18.3. The van der Waals surface area contributed by atoms with Gasteiger partial charge in [-0.2, -0.15) is 0 Å². The summed E-state index contributed by atoms with van der Waals surface area (Å²) in [5.74, 6) is -1.07. The predicted molar refractivity (Wildman–Crippen MR) is 115 cm³/mol. The fourth-order valence-corrected chi connectivity index (χ4v) is 5.55. The molecule has 0 unspecified atom stereocenters. The van der Waals surface area contributed by atoms with Crippen molar-refractivity contribution in [3.8, 4) is 0 Å². The Hall–Kier alpha value is -2.23. The molecule has 0 atom stereocenters. The van der Waals surface area contributed by atoms with Crippen molar-refractivity contribution in [1.29, 1.82) is 0 Å². The van der Waals surface area contributed by atoms with Gasteiger partial charge < -0.3 is 5.32 Å². The van der Waals surface area contributed by atoms with Crippen LogP contribution in [0.2, 0.25) is 0 Å². The maximum absolute atomic E-state index is 12.5. The van der Waals surface area contributed by atoms with E-state index in [9.17, 15) is 21.6 Å². The molecule has 2 aromatic rings. The van der Waals surface area contributed by atoms with Gasteiger partial charge in [0.15, 0.2) is 9.84 Å². The fourth-order valence-electron chi connectivity index (χ4n) is 3.36. The van der Waals surface area contributed by atoms with E-state index in [1.165, 1.54) is 5.56 Å². The first-order valence-corrected chi connectivity index (χ1v) is 13.2. The van der Waals surface area contributed by atoms with Crippen LogP contribution >= 0.6 is 0 Å². The van der Waals surface area contributed by atoms with Gasteiger partial charge in [0.2, 0.25) is 15.9 Å². The van der Waals surface area contributed by atoms with Gasteiger partial charge in [-0.3, -0.25) is 4.79 Å². The molecule has 1 aliphatic rings. The molecule has 30 heavy (non-hydrogen) atoms. The number of carbonyl (C=O) groups is 1. The number of sulfone groups is 1. The van der Waals surface area contributed by atoms with Gasteiger partial charge >= 0.3 is 0 Å². The molecule has 0 saturated carbocycles. The minimum absolute atomic E-state index is 0.0815. The van der Waals surface area contributed by atoms with Crippen LogP contribution in [0.4, 0.5) is 0 Å². The maximum atomic E-state index is 12.5. The molecule has 9 heteroatoms. The number of sulfonamides is 1. The molecule has 0 aliphatic heterocycles. The number of fused-ring (bicyclic) bond motifs is 1. The SMILES string of the molecule is O=C(CCS(=O)(=O)c1ccc2c(c1)CCC2)NCCS(=O)(=O)NCc1ccccc1. The van der Waals surface area contributed by atoms with E-state index in [1.54, 1.807) is 12.1 Å². The highest BCUT2D eigenvalue weighted by atomic mass is 32.2. The lowest BCUT2D eigenvalue weighted by atomic mass is 10.1. The van der Waals surface area contributed by atoms with Crippen LogP contribution < -0.4 is 10.0 Å². The Kier molecular flexibility index (Phi) is 7.27. The second-order valence-electron chi connectivity index (χ2n) is 7.33. The van der Waals surface area contributed by atoms with Gasteiger partial charge in [0.25, 0.3) is 0 Å². The number of amides is 1. The molecule has 3 rings (SSSR count). The van der Waals surface area contributed by atoms with E-state index in [4.69, 9.17) is 0 Å². The summed E-state index contributed by atoms with van der Waals surface area (Å²) >= 11 is 0. The molecule has 162 valence electrons. The Labute approximate surface area is 177 Å². The molecule has 0 heterocycles. The molecule has 1 amide bonds. The molecule has 0 spiro atoms. The molecule has 0 radical (unpaired) electrons. The molecule has 2 N–H and O–H groups in total. The number of hydrogen-bond acceptors (Lipinski definition) is 5. The third-order valence-corrected chi connectivity index (χ3v) is 8.10. The third kappa shape index (κ3) is 6.38. The van der Waals surface area contributed by atoms with Crippen LogP contribution in [-0.2, 0) is 44.0 Å². The van der Waals surface area contributed by atoms with Gasteiger partial charge in [0.1, 0.15) is 0 Å². The Morgan fingerprint density at radius 2 is 1.63 bits per heavy atom. The van der Waals surface area contributed by atoms with Crippen molar-refractivity contribution in [1.82, 2.24) is 10.0 Å². The van der Waals surface area contributed by atoms with Crippen molar-refractivity contribution in [2.24, 2.45) is 0 Å². The Morgan fingerprint density at radius 1 is 0.900 bits per heavy atom. The zero-order chi connectivity index (χ0) is 21.6. The topological polar surface area (TPSA) is 109 Å². The lowest BCUT2D eigenvalue weighted by Crippen LogP contribution is -2.34. The van der Waals surface area contributed by atoms with Crippen LogP contribution in [0.15, 0.2) is 53.4 Å². The first-order valence-electron chi connectivity index (χ1n) is 9.88. The normalized spacial score (nSPS) is 13.7. The van der Waals surface area contributed by atoms with Crippen molar-refractivity contribution in [2.75, 3.05) is 18.1 Å². The lowest BCUT2D eigenvalue weighted by molar-refractivity contribution is -0.120. The number of rotatable bonds is 10. The first kappa shape index (κ1) is 22.5. The Balaban J connectivity index is 1.42. The van der Waals surface area contributed by atoms with E-state index in [0.717, 1.165) is 30.4 Å². The smallest absolute Gasteiger partial charge is 0.221 e. The summed E-state index contributed by atoms with van der Waals surface area (Å²) in [6.45, 7) is 0.0952. The monoisotopic (exact) mass is 450 g/mol. The van der Waals surface area contributed by atoms with E-state index in [-0.39, 0.29) is 35.9 Å². The molecule has 0 bridgehead atoms. The third-order valence-electron chi connectivity index (χ3n) is 5.06. The number of aryl methyl sites for hydroxylation is 2. The molecule has 7 nitrogen and oxygen atoms in total. The van der Waals surface area contributed by atoms with Crippen LogP contribution in [-0.4, -0.2) is 40.8 Å². The molecular formula is C21H26N2O5S2. The highest BCUT2D eigenvalue weighted by Gasteiger charge is 2.20. The quantitative estimate of drug-likeness (QED) is 0.571. The van der Waals surface area contributed by atoms with Gasteiger partial charge in [-0.05, 0) is 48.1 Å². The standard InChI is InChI=1S/C21H26N2O5S2/c24-21(22-12-14-30(27,28)23-16-17-5-2-1-3-6-17)11-13-29(25,26)20-10-9-18-7-4-8-19(18)15-20/h1-3,5-6,9-10,15,23H,4,7-8,11-14,16H2,(H,22,24). The molecular weight excluding hydrogens is 424 g/mol. The fraction of sp³-hybridized carbons (Fsp3) is 0.381. The van der Waals surface area contributed by atoms with E-state index in [2.05, 4.69) is 10.0 Å². The van der Waals surface area contributed by atoms with Crippen LogP contribution in [0.1, 0.15) is 29.5 Å². The summed E-state index contributed by atoms with van der Waals surface area (Å²) in [6, 6.07) is 14.3. The van der Waals surface area contributed by atoms with E-state index in [1.807, 2.05) is 36.4 Å². The maximum Gasteiger partial charge on any atom is 0.221 e. The van der Waals surface area contributed by atoms with E-state index in [0.29, 0.717) is 0 Å². The average Bonchev–Trinajstić information content (AvgIpc) is 3.20. The summed E-state index contributed by atoms with van der Waals surface area (Å²) in [6.07, 6.45) is 2.68. The summed E-state index contributed by atoms with van der Waals surface area (Å²) in [7, 11) is -7.11. The van der Waals surface area contributed by atoms with Crippen LogP contribution in [0.3, 0.4) is 0 Å². The number of hydrogen-bond donors (Lipinski definition) is 2. The summed E-state index contributed by atoms with van der Waals surface area (Å²) in [5, 5.41) is 2.48. The highest BCUT2D eigenvalue weighted by Crippen LogP contribution is 2.25. The number of benzene rings is 2. The number of nitrogens with one attached hydrogen (secondary N) is 2. The first-order chi connectivity index (χ1) is 14.3. The van der Waals surface area contributed by atoms with E-state index < -0.39 is 25.8 Å².